The van der Waals surface area contributed by atoms with Crippen LogP contribution in [0.2, 0.25) is 0 Å². The molecule has 0 saturated carbocycles. The number of carbonyl (C=O) groups is 1. The average Bonchev–Trinajstić information content (AvgIpc) is 2.74. The Kier molecular flexibility index (Phi) is 3.21. The smallest absolute Gasteiger partial charge is 0.240 e. The number of hydrazine groups is 1. The molecule has 0 aliphatic carbocycles. The van der Waals surface area contributed by atoms with Crippen molar-refractivity contribution in [1.29, 1.82) is 0 Å². The number of nitrogens with two attached hydrogens (primary N) is 1. The number of nitrogens with one attached hydrogen (secondary N) is 1. The van der Waals surface area contributed by atoms with Crippen LogP contribution in [0.25, 0.3) is 0 Å². The lowest BCUT2D eigenvalue weighted by molar-refractivity contribution is -0.135. The Bertz CT molecular complexity index is 377. The molecule has 1 aromatic rings. The number of aryl methyl sites for hydroxylation is 1. The minimum absolute atomic E-state index is 0.187. The van der Waals surface area contributed by atoms with Gasteiger partial charge in [-0.15, -0.1) is 0 Å². The molecule has 1 fully saturated rings. The highest BCUT2D eigenvalue weighted by Crippen LogP contribution is 2.32. The topological polar surface area (TPSA) is 82.2 Å². The first kappa shape index (κ1) is 11.1. The molecule has 1 amide bonds. The Balaban J connectivity index is 2.23. The summed E-state index contributed by atoms with van der Waals surface area (Å²) in [5, 5.41) is 0. The normalized spacial score (nSPS) is 25.4. The van der Waals surface area contributed by atoms with Crippen LogP contribution in [0.1, 0.15) is 24.8 Å². The van der Waals surface area contributed by atoms with Gasteiger partial charge < -0.3 is 9.30 Å². The molecule has 0 bridgehead atoms. The highest BCUT2D eigenvalue weighted by atomic mass is 16.5. The average molecular weight is 224 g/mol. The molecule has 88 valence electrons. The van der Waals surface area contributed by atoms with Crippen molar-refractivity contribution in [3.8, 4) is 0 Å². The van der Waals surface area contributed by atoms with E-state index in [1.165, 1.54) is 0 Å². The standard InChI is InChI=1S/C10H16N4O2/c1-14-5-4-12-9(14)8-7(10(15)13-11)3-2-6-16-8/h4-5,7-8H,2-3,6,11H2,1H3,(H,13,15)/t7-,8-/m1/s1. The van der Waals surface area contributed by atoms with Gasteiger partial charge >= 0.3 is 0 Å². The van der Waals surface area contributed by atoms with Crippen molar-refractivity contribution < 1.29 is 9.53 Å². The second kappa shape index (κ2) is 4.63. The van der Waals surface area contributed by atoms with E-state index in [2.05, 4.69) is 10.4 Å². The Morgan fingerprint density at radius 1 is 1.75 bits per heavy atom. The highest BCUT2D eigenvalue weighted by Gasteiger charge is 2.34. The second-order valence-corrected chi connectivity index (χ2v) is 3.95. The zero-order valence-electron chi connectivity index (χ0n) is 9.22. The van der Waals surface area contributed by atoms with Gasteiger partial charge in [0.15, 0.2) is 0 Å². The number of nitrogens with zero attached hydrogens (tertiary/aromatic N) is 2. The van der Waals surface area contributed by atoms with E-state index in [1.54, 1.807) is 6.20 Å². The molecule has 1 aliphatic rings. The van der Waals surface area contributed by atoms with Crippen LogP contribution in [-0.4, -0.2) is 22.1 Å². The van der Waals surface area contributed by atoms with Crippen molar-refractivity contribution in [1.82, 2.24) is 15.0 Å². The number of amides is 1. The van der Waals surface area contributed by atoms with Gasteiger partial charge in [-0.2, -0.15) is 0 Å². The van der Waals surface area contributed by atoms with E-state index in [9.17, 15) is 4.79 Å². The summed E-state index contributed by atoms with van der Waals surface area (Å²) in [6.07, 6.45) is 4.90. The van der Waals surface area contributed by atoms with Gasteiger partial charge in [-0.05, 0) is 12.8 Å². The zero-order valence-corrected chi connectivity index (χ0v) is 9.22. The number of ether oxygens (including phenoxy) is 1. The molecule has 0 radical (unpaired) electrons. The van der Waals surface area contributed by atoms with Gasteiger partial charge in [0.05, 0.1) is 5.92 Å². The van der Waals surface area contributed by atoms with E-state index >= 15 is 0 Å². The summed E-state index contributed by atoms with van der Waals surface area (Å²) < 4.78 is 7.51. The first-order valence-corrected chi connectivity index (χ1v) is 5.33. The molecule has 0 aromatic carbocycles. The number of hydrogen-bond acceptors (Lipinski definition) is 4. The third-order valence-corrected chi connectivity index (χ3v) is 2.91. The molecule has 2 atom stereocenters. The minimum Gasteiger partial charge on any atom is -0.369 e. The molecule has 16 heavy (non-hydrogen) atoms. The molecule has 1 aliphatic heterocycles. The summed E-state index contributed by atoms with van der Waals surface area (Å²) >= 11 is 0. The Hall–Kier alpha value is -1.40. The lowest BCUT2D eigenvalue weighted by Gasteiger charge is -2.29. The van der Waals surface area contributed by atoms with Crippen LogP contribution < -0.4 is 11.3 Å². The maximum absolute atomic E-state index is 11.6. The molecule has 1 aromatic heterocycles. The van der Waals surface area contributed by atoms with Gasteiger partial charge in [-0.3, -0.25) is 10.2 Å². The summed E-state index contributed by atoms with van der Waals surface area (Å²) in [7, 11) is 1.89. The summed E-state index contributed by atoms with van der Waals surface area (Å²) in [4.78, 5) is 15.9. The van der Waals surface area contributed by atoms with Gasteiger partial charge in [0, 0.05) is 26.0 Å². The lowest BCUT2D eigenvalue weighted by atomic mass is 9.93. The quantitative estimate of drug-likeness (QED) is 0.417. The van der Waals surface area contributed by atoms with Crippen molar-refractivity contribution in [2.75, 3.05) is 6.61 Å². The summed E-state index contributed by atoms with van der Waals surface area (Å²) in [5.74, 6) is 5.51. The number of hydrogen-bond donors (Lipinski definition) is 2. The van der Waals surface area contributed by atoms with Crippen LogP contribution in [0, 0.1) is 5.92 Å². The van der Waals surface area contributed by atoms with E-state index in [-0.39, 0.29) is 17.9 Å². The SMILES string of the molecule is Cn1ccnc1[C@@H]1OCCC[C@H]1C(=O)NN. The van der Waals surface area contributed by atoms with Gasteiger partial charge in [0.1, 0.15) is 11.9 Å². The fraction of sp³-hybridized carbons (Fsp3) is 0.600. The van der Waals surface area contributed by atoms with Crippen LogP contribution in [0.15, 0.2) is 12.4 Å². The molecule has 2 heterocycles. The van der Waals surface area contributed by atoms with E-state index in [4.69, 9.17) is 10.6 Å². The van der Waals surface area contributed by atoms with E-state index in [0.29, 0.717) is 6.61 Å². The van der Waals surface area contributed by atoms with Crippen LogP contribution >= 0.6 is 0 Å². The van der Waals surface area contributed by atoms with Crippen molar-refractivity contribution in [3.63, 3.8) is 0 Å². The lowest BCUT2D eigenvalue weighted by Crippen LogP contribution is -2.41. The van der Waals surface area contributed by atoms with E-state index < -0.39 is 0 Å². The largest absolute Gasteiger partial charge is 0.369 e. The molecule has 3 N–H and O–H groups in total. The highest BCUT2D eigenvalue weighted by molar-refractivity contribution is 5.78. The van der Waals surface area contributed by atoms with Crippen molar-refractivity contribution in [3.05, 3.63) is 18.2 Å². The number of carbonyl (C=O) groups excluding carboxylic acids is 1. The number of rotatable bonds is 2. The Morgan fingerprint density at radius 2 is 2.56 bits per heavy atom. The monoisotopic (exact) mass is 224 g/mol. The van der Waals surface area contributed by atoms with Gasteiger partial charge in [-0.25, -0.2) is 10.8 Å². The van der Waals surface area contributed by atoms with Crippen molar-refractivity contribution in [2.45, 2.75) is 18.9 Å². The number of imidazole rings is 1. The van der Waals surface area contributed by atoms with Gasteiger partial charge in [0.2, 0.25) is 5.91 Å². The van der Waals surface area contributed by atoms with Crippen LogP contribution in [0.4, 0.5) is 0 Å². The van der Waals surface area contributed by atoms with Gasteiger partial charge in [0.25, 0.3) is 0 Å². The molecular weight excluding hydrogens is 208 g/mol. The maximum Gasteiger partial charge on any atom is 0.240 e. The maximum atomic E-state index is 11.6. The molecule has 6 nitrogen and oxygen atoms in total. The Labute approximate surface area is 93.8 Å². The third-order valence-electron chi connectivity index (χ3n) is 2.91. The molecular formula is C10H16N4O2. The van der Waals surface area contributed by atoms with Crippen LogP contribution in [0.3, 0.4) is 0 Å². The van der Waals surface area contributed by atoms with Crippen molar-refractivity contribution in [2.24, 2.45) is 18.8 Å². The fourth-order valence-corrected chi connectivity index (χ4v) is 2.06. The molecule has 6 heteroatoms. The van der Waals surface area contributed by atoms with Crippen molar-refractivity contribution >= 4 is 5.91 Å². The summed E-state index contributed by atoms with van der Waals surface area (Å²) in [6, 6.07) is 0. The first-order chi connectivity index (χ1) is 7.74. The predicted molar refractivity (Wildman–Crippen MR) is 57.0 cm³/mol. The number of aromatic nitrogens is 2. The molecule has 2 rings (SSSR count). The van der Waals surface area contributed by atoms with E-state index in [0.717, 1.165) is 18.7 Å². The van der Waals surface area contributed by atoms with Crippen LogP contribution in [-0.2, 0) is 16.6 Å². The minimum atomic E-state index is -0.294. The Morgan fingerprint density at radius 3 is 3.19 bits per heavy atom. The molecule has 0 unspecified atom stereocenters. The second-order valence-electron chi connectivity index (χ2n) is 3.95. The fourth-order valence-electron chi connectivity index (χ4n) is 2.06. The molecule has 1 saturated heterocycles. The first-order valence-electron chi connectivity index (χ1n) is 5.33. The van der Waals surface area contributed by atoms with Gasteiger partial charge in [-0.1, -0.05) is 0 Å². The third kappa shape index (κ3) is 1.94. The summed E-state index contributed by atoms with van der Waals surface area (Å²) in [5.41, 5.74) is 2.19. The predicted octanol–water partition coefficient (Wildman–Crippen LogP) is -0.122. The summed E-state index contributed by atoms with van der Waals surface area (Å²) in [6.45, 7) is 0.659. The van der Waals surface area contributed by atoms with E-state index in [1.807, 2.05) is 17.8 Å². The van der Waals surface area contributed by atoms with Crippen LogP contribution in [0.5, 0.6) is 0 Å². The molecule has 0 spiro atoms. The zero-order chi connectivity index (χ0) is 11.5.